The summed E-state index contributed by atoms with van der Waals surface area (Å²) in [5, 5.41) is 21.0. The quantitative estimate of drug-likeness (QED) is 0.821. The van der Waals surface area contributed by atoms with Crippen LogP contribution < -0.4 is 0 Å². The number of hydrogen-bond donors (Lipinski definition) is 2. The average Bonchev–Trinajstić information content (AvgIpc) is 2.65. The zero-order chi connectivity index (χ0) is 13.7. The molecule has 3 nitrogen and oxygen atoms in total. The first-order valence-corrected chi connectivity index (χ1v) is 7.48. The minimum Gasteiger partial charge on any atom is -0.390 e. The van der Waals surface area contributed by atoms with Crippen LogP contribution in [0.2, 0.25) is 0 Å². The molecule has 3 heteroatoms. The maximum absolute atomic E-state index is 10.6. The van der Waals surface area contributed by atoms with Gasteiger partial charge in [-0.25, -0.2) is 0 Å². The molecular weight excluding hydrogens is 238 g/mol. The highest BCUT2D eigenvalue weighted by Crippen LogP contribution is 2.31. The largest absolute Gasteiger partial charge is 0.390 e. The molecule has 0 amide bonds. The first-order chi connectivity index (χ1) is 9.14. The summed E-state index contributed by atoms with van der Waals surface area (Å²) in [6.45, 7) is 2.10. The fourth-order valence-electron chi connectivity index (χ4n) is 2.85. The maximum Gasteiger partial charge on any atom is 0.0909 e. The van der Waals surface area contributed by atoms with Crippen LogP contribution in [0.15, 0.2) is 18.3 Å². The summed E-state index contributed by atoms with van der Waals surface area (Å²) in [5.74, 6) is 0. The highest BCUT2D eigenvalue weighted by atomic mass is 16.3. The van der Waals surface area contributed by atoms with E-state index in [0.29, 0.717) is 19.3 Å². The third kappa shape index (κ3) is 3.77. The second kappa shape index (κ2) is 6.49. The maximum atomic E-state index is 10.6. The average molecular weight is 263 g/mol. The van der Waals surface area contributed by atoms with E-state index in [1.807, 2.05) is 18.3 Å². The molecule has 1 fully saturated rings. The van der Waals surface area contributed by atoms with Crippen LogP contribution in [0, 0.1) is 0 Å². The van der Waals surface area contributed by atoms with Gasteiger partial charge in [-0.3, -0.25) is 4.98 Å². The molecule has 0 bridgehead atoms. The molecule has 2 rings (SSSR count). The lowest BCUT2D eigenvalue weighted by Gasteiger charge is -2.32. The van der Waals surface area contributed by atoms with Crippen LogP contribution in [0.5, 0.6) is 0 Å². The number of hydrogen-bond acceptors (Lipinski definition) is 3. The highest BCUT2D eigenvalue weighted by molar-refractivity contribution is 5.15. The molecule has 1 aromatic rings. The summed E-state index contributed by atoms with van der Waals surface area (Å²) in [6, 6.07) is 4.01. The van der Waals surface area contributed by atoms with Crippen molar-refractivity contribution < 1.29 is 10.2 Å². The molecule has 1 aliphatic carbocycles. The lowest BCUT2D eigenvalue weighted by Crippen LogP contribution is -2.43. The van der Waals surface area contributed by atoms with E-state index in [4.69, 9.17) is 0 Å². The van der Waals surface area contributed by atoms with Crippen LogP contribution in [0.25, 0.3) is 0 Å². The van der Waals surface area contributed by atoms with E-state index in [1.165, 1.54) is 18.4 Å². The number of nitrogens with zero attached hydrogens (tertiary/aromatic N) is 1. The number of aromatic nitrogens is 1. The SMILES string of the molecule is CCc1ccc(CC(O)C2(O)CCCCCC2)nc1. The molecular formula is C16H25NO2. The van der Waals surface area contributed by atoms with E-state index in [2.05, 4.69) is 11.9 Å². The van der Waals surface area contributed by atoms with Gasteiger partial charge in [-0.15, -0.1) is 0 Å². The third-order valence-corrected chi connectivity index (χ3v) is 4.29. The number of aryl methyl sites for hydroxylation is 1. The molecule has 0 radical (unpaired) electrons. The Labute approximate surface area is 115 Å². The highest BCUT2D eigenvalue weighted by Gasteiger charge is 2.35. The lowest BCUT2D eigenvalue weighted by molar-refractivity contribution is -0.0840. The van der Waals surface area contributed by atoms with Crippen molar-refractivity contribution >= 4 is 0 Å². The number of aliphatic hydroxyl groups is 2. The summed E-state index contributed by atoms with van der Waals surface area (Å²) in [6.07, 6.45) is 8.34. The van der Waals surface area contributed by atoms with Gasteiger partial charge in [0.2, 0.25) is 0 Å². The van der Waals surface area contributed by atoms with Crippen LogP contribution in [0.3, 0.4) is 0 Å². The normalized spacial score (nSPS) is 20.8. The molecule has 1 aliphatic rings. The zero-order valence-corrected chi connectivity index (χ0v) is 11.8. The Balaban J connectivity index is 2.00. The summed E-state index contributed by atoms with van der Waals surface area (Å²) >= 11 is 0. The smallest absolute Gasteiger partial charge is 0.0909 e. The van der Waals surface area contributed by atoms with Crippen molar-refractivity contribution in [2.75, 3.05) is 0 Å². The molecule has 1 heterocycles. The van der Waals surface area contributed by atoms with Gasteiger partial charge in [-0.2, -0.15) is 0 Å². The predicted octanol–water partition coefficient (Wildman–Crippen LogP) is 2.63. The number of aliphatic hydroxyl groups excluding tert-OH is 1. The van der Waals surface area contributed by atoms with E-state index < -0.39 is 11.7 Å². The molecule has 0 aromatic carbocycles. The molecule has 19 heavy (non-hydrogen) atoms. The summed E-state index contributed by atoms with van der Waals surface area (Å²) in [5.41, 5.74) is 1.15. The van der Waals surface area contributed by atoms with Crippen LogP contribution in [-0.4, -0.2) is 26.9 Å². The van der Waals surface area contributed by atoms with Gasteiger partial charge in [-0.05, 0) is 30.9 Å². The molecule has 1 unspecified atom stereocenters. The van der Waals surface area contributed by atoms with Crippen molar-refractivity contribution in [3.8, 4) is 0 Å². The van der Waals surface area contributed by atoms with Gasteiger partial charge >= 0.3 is 0 Å². The standard InChI is InChI=1S/C16H25NO2/c1-2-13-7-8-14(17-12-13)11-15(18)16(19)9-5-3-4-6-10-16/h7-8,12,15,18-19H,2-6,9-11H2,1H3. The monoisotopic (exact) mass is 263 g/mol. The fraction of sp³-hybridized carbons (Fsp3) is 0.688. The Bertz CT molecular complexity index is 380. The van der Waals surface area contributed by atoms with Gasteiger partial charge in [0.05, 0.1) is 11.7 Å². The summed E-state index contributed by atoms with van der Waals surface area (Å²) in [7, 11) is 0. The van der Waals surface area contributed by atoms with Gasteiger partial charge in [0, 0.05) is 18.3 Å². The van der Waals surface area contributed by atoms with Gasteiger partial charge in [-0.1, -0.05) is 38.7 Å². The molecule has 2 N–H and O–H groups in total. The van der Waals surface area contributed by atoms with E-state index in [0.717, 1.165) is 25.0 Å². The lowest BCUT2D eigenvalue weighted by atomic mass is 9.86. The molecule has 106 valence electrons. The molecule has 1 atom stereocenters. The molecule has 0 saturated heterocycles. The van der Waals surface area contributed by atoms with Crippen molar-refractivity contribution in [3.63, 3.8) is 0 Å². The molecule has 1 aromatic heterocycles. The van der Waals surface area contributed by atoms with Gasteiger partial charge in [0.15, 0.2) is 0 Å². The predicted molar refractivity (Wildman–Crippen MR) is 76.0 cm³/mol. The molecule has 0 spiro atoms. The van der Waals surface area contributed by atoms with Crippen molar-refractivity contribution in [2.45, 2.75) is 70.0 Å². The second-order valence-electron chi connectivity index (χ2n) is 5.75. The van der Waals surface area contributed by atoms with Crippen LogP contribution in [0.1, 0.15) is 56.7 Å². The van der Waals surface area contributed by atoms with Crippen molar-refractivity contribution in [2.24, 2.45) is 0 Å². The molecule has 1 saturated carbocycles. The first-order valence-electron chi connectivity index (χ1n) is 7.48. The first kappa shape index (κ1) is 14.5. The van der Waals surface area contributed by atoms with Crippen molar-refractivity contribution in [3.05, 3.63) is 29.6 Å². The fourth-order valence-corrected chi connectivity index (χ4v) is 2.85. The van der Waals surface area contributed by atoms with Crippen molar-refractivity contribution in [1.82, 2.24) is 4.98 Å². The van der Waals surface area contributed by atoms with E-state index in [1.54, 1.807) is 0 Å². The Morgan fingerprint density at radius 2 is 1.89 bits per heavy atom. The van der Waals surface area contributed by atoms with Gasteiger partial charge in [0.1, 0.15) is 0 Å². The minimum atomic E-state index is -0.915. The molecule has 0 aliphatic heterocycles. The topological polar surface area (TPSA) is 53.4 Å². The van der Waals surface area contributed by atoms with Gasteiger partial charge < -0.3 is 10.2 Å². The van der Waals surface area contributed by atoms with Crippen LogP contribution in [-0.2, 0) is 12.8 Å². The summed E-state index contributed by atoms with van der Waals surface area (Å²) < 4.78 is 0. The second-order valence-corrected chi connectivity index (χ2v) is 5.75. The van der Waals surface area contributed by atoms with Crippen LogP contribution in [0.4, 0.5) is 0 Å². The Morgan fingerprint density at radius 1 is 1.21 bits per heavy atom. The van der Waals surface area contributed by atoms with Gasteiger partial charge in [0.25, 0.3) is 0 Å². The van der Waals surface area contributed by atoms with E-state index in [-0.39, 0.29) is 0 Å². The summed E-state index contributed by atoms with van der Waals surface area (Å²) in [4.78, 5) is 4.37. The number of rotatable bonds is 4. The Hall–Kier alpha value is -0.930. The number of pyridine rings is 1. The minimum absolute atomic E-state index is 0.445. The third-order valence-electron chi connectivity index (χ3n) is 4.29. The van der Waals surface area contributed by atoms with E-state index >= 15 is 0 Å². The van der Waals surface area contributed by atoms with E-state index in [9.17, 15) is 10.2 Å². The Kier molecular flexibility index (Phi) is 4.94. The van der Waals surface area contributed by atoms with Crippen molar-refractivity contribution in [1.29, 1.82) is 0 Å². The Morgan fingerprint density at radius 3 is 2.42 bits per heavy atom. The zero-order valence-electron chi connectivity index (χ0n) is 11.8. The van der Waals surface area contributed by atoms with Crippen LogP contribution >= 0.6 is 0 Å².